The van der Waals surface area contributed by atoms with E-state index in [0.717, 1.165) is 64.5 Å². The summed E-state index contributed by atoms with van der Waals surface area (Å²) in [5.74, 6) is 1.54. The largest absolute Gasteiger partial charge is 0.437 e. The van der Waals surface area contributed by atoms with Crippen molar-refractivity contribution in [3.63, 3.8) is 0 Å². The highest BCUT2D eigenvalue weighted by atomic mass is 32.2. The van der Waals surface area contributed by atoms with Gasteiger partial charge >= 0.3 is 0 Å². The molecule has 43 heavy (non-hydrogen) atoms. The fraction of sp³-hybridized carbons (Fsp3) is 0.265. The third-order valence-electron chi connectivity index (χ3n) is 7.71. The number of ether oxygens (including phenoxy) is 1. The summed E-state index contributed by atoms with van der Waals surface area (Å²) < 4.78 is 33.0. The monoisotopic (exact) mass is 593 g/mol. The van der Waals surface area contributed by atoms with Gasteiger partial charge in [-0.1, -0.05) is 60.2 Å². The maximum atomic E-state index is 13.2. The summed E-state index contributed by atoms with van der Waals surface area (Å²) in [5.41, 5.74) is 4.97. The zero-order chi connectivity index (χ0) is 29.8. The van der Waals surface area contributed by atoms with Crippen LogP contribution in [0.4, 0.5) is 5.95 Å². The maximum absolute atomic E-state index is 13.2. The Hall–Kier alpha value is -4.34. The average molecular weight is 594 g/mol. The lowest BCUT2D eigenvalue weighted by molar-refractivity contribution is 0.466. The average Bonchev–Trinajstić information content (AvgIpc) is 3.00. The molecule has 3 aromatic carbocycles. The number of nitrogens with zero attached hydrogens (tertiary/aromatic N) is 3. The van der Waals surface area contributed by atoms with E-state index in [4.69, 9.17) is 9.72 Å². The smallest absolute Gasteiger partial charge is 0.228 e. The number of piperidine rings is 1. The normalized spacial score (nSPS) is 15.3. The van der Waals surface area contributed by atoms with E-state index < -0.39 is 9.84 Å². The topological polar surface area (TPSA) is 106 Å². The van der Waals surface area contributed by atoms with E-state index in [1.54, 1.807) is 12.4 Å². The molecule has 2 N–H and O–H groups in total. The van der Waals surface area contributed by atoms with E-state index in [1.807, 2.05) is 86.6 Å². The molecule has 0 unspecified atom stereocenters. The lowest BCUT2D eigenvalue weighted by Crippen LogP contribution is -2.38. The first kappa shape index (κ1) is 28.8. The number of aryl methyl sites for hydroxylation is 2. The SMILES string of the molecule is Cc1ccc(CS(=O)(=O)Cc2cccc3c(Oc4ncccc4-c4ccnc(N[C@H]5CCCNC5)n4)c(C)ccc23)cc1. The lowest BCUT2D eigenvalue weighted by Gasteiger charge is -2.23. The van der Waals surface area contributed by atoms with Gasteiger partial charge in [-0.2, -0.15) is 0 Å². The predicted octanol–water partition coefficient (Wildman–Crippen LogP) is 6.38. The Labute approximate surface area is 252 Å². The second-order valence-electron chi connectivity index (χ2n) is 11.2. The number of pyridine rings is 1. The predicted molar refractivity (Wildman–Crippen MR) is 171 cm³/mol. The van der Waals surface area contributed by atoms with Crippen molar-refractivity contribution < 1.29 is 13.2 Å². The van der Waals surface area contributed by atoms with E-state index in [2.05, 4.69) is 20.6 Å². The number of nitrogens with one attached hydrogen (secondary N) is 2. The van der Waals surface area contributed by atoms with Crippen LogP contribution in [-0.2, 0) is 21.3 Å². The molecule has 9 heteroatoms. The highest BCUT2D eigenvalue weighted by Gasteiger charge is 2.19. The van der Waals surface area contributed by atoms with Crippen molar-refractivity contribution >= 4 is 26.6 Å². The lowest BCUT2D eigenvalue weighted by atomic mass is 10.0. The van der Waals surface area contributed by atoms with Gasteiger partial charge in [-0.15, -0.1) is 0 Å². The first-order valence-electron chi connectivity index (χ1n) is 14.6. The van der Waals surface area contributed by atoms with Crippen molar-refractivity contribution in [2.45, 2.75) is 44.2 Å². The maximum Gasteiger partial charge on any atom is 0.228 e. The van der Waals surface area contributed by atoms with Crippen LogP contribution in [0.25, 0.3) is 22.0 Å². The van der Waals surface area contributed by atoms with Gasteiger partial charge in [0.15, 0.2) is 9.84 Å². The van der Waals surface area contributed by atoms with Crippen LogP contribution in [0.15, 0.2) is 85.2 Å². The number of hydrogen-bond donors (Lipinski definition) is 2. The molecule has 220 valence electrons. The van der Waals surface area contributed by atoms with Gasteiger partial charge in [-0.3, -0.25) is 0 Å². The molecular formula is C34H35N5O3S. The molecular weight excluding hydrogens is 558 g/mol. The molecule has 1 fully saturated rings. The van der Waals surface area contributed by atoms with Crippen molar-refractivity contribution in [1.29, 1.82) is 0 Å². The summed E-state index contributed by atoms with van der Waals surface area (Å²) in [6.45, 7) is 5.88. The van der Waals surface area contributed by atoms with Crippen LogP contribution >= 0.6 is 0 Å². The second kappa shape index (κ2) is 12.5. The Balaban J connectivity index is 1.29. The number of anilines is 1. The molecule has 1 aliphatic heterocycles. The number of sulfone groups is 1. The van der Waals surface area contributed by atoms with Crippen LogP contribution in [0.2, 0.25) is 0 Å². The minimum atomic E-state index is -3.41. The summed E-state index contributed by atoms with van der Waals surface area (Å²) in [6, 6.07) is 23.2. The van der Waals surface area contributed by atoms with Gasteiger partial charge in [0.25, 0.3) is 0 Å². The van der Waals surface area contributed by atoms with Crippen LogP contribution in [0, 0.1) is 13.8 Å². The first-order valence-corrected chi connectivity index (χ1v) is 16.4. The van der Waals surface area contributed by atoms with Gasteiger partial charge in [0.2, 0.25) is 11.8 Å². The van der Waals surface area contributed by atoms with Crippen LogP contribution in [0.1, 0.15) is 35.1 Å². The molecule has 8 nitrogen and oxygen atoms in total. The molecule has 1 atom stereocenters. The molecule has 2 aromatic heterocycles. The zero-order valence-corrected chi connectivity index (χ0v) is 25.2. The molecule has 0 aliphatic carbocycles. The number of aromatic nitrogens is 3. The quantitative estimate of drug-likeness (QED) is 0.203. The van der Waals surface area contributed by atoms with Gasteiger partial charge in [0.05, 0.1) is 22.8 Å². The summed E-state index contributed by atoms with van der Waals surface area (Å²) in [5, 5.41) is 8.51. The molecule has 0 radical (unpaired) electrons. The Bertz CT molecular complexity index is 1850. The van der Waals surface area contributed by atoms with Gasteiger partial charge < -0.3 is 15.4 Å². The molecule has 5 aromatic rings. The molecule has 0 bridgehead atoms. The summed E-state index contributed by atoms with van der Waals surface area (Å²) in [6.07, 6.45) is 5.61. The Kier molecular flexibility index (Phi) is 8.35. The molecule has 0 amide bonds. The van der Waals surface area contributed by atoms with Crippen LogP contribution in [-0.4, -0.2) is 42.5 Å². The van der Waals surface area contributed by atoms with Crippen molar-refractivity contribution in [1.82, 2.24) is 20.3 Å². The minimum absolute atomic E-state index is 0.0107. The van der Waals surface area contributed by atoms with E-state index >= 15 is 0 Å². The molecule has 1 saturated heterocycles. The van der Waals surface area contributed by atoms with Gasteiger partial charge in [-0.05, 0) is 73.5 Å². The van der Waals surface area contributed by atoms with Crippen molar-refractivity contribution in [3.8, 4) is 22.9 Å². The Morgan fingerprint density at radius 3 is 2.58 bits per heavy atom. The number of rotatable bonds is 9. The molecule has 3 heterocycles. The van der Waals surface area contributed by atoms with E-state index in [-0.39, 0.29) is 17.5 Å². The minimum Gasteiger partial charge on any atom is -0.437 e. The highest BCUT2D eigenvalue weighted by Crippen LogP contribution is 2.38. The van der Waals surface area contributed by atoms with Crippen LogP contribution in [0.5, 0.6) is 11.6 Å². The Morgan fingerprint density at radius 1 is 0.907 bits per heavy atom. The number of benzene rings is 3. The number of hydrogen-bond acceptors (Lipinski definition) is 8. The second-order valence-corrected chi connectivity index (χ2v) is 13.2. The Morgan fingerprint density at radius 2 is 1.77 bits per heavy atom. The van der Waals surface area contributed by atoms with E-state index in [0.29, 0.717) is 23.3 Å². The van der Waals surface area contributed by atoms with Crippen molar-refractivity contribution in [2.75, 3.05) is 18.4 Å². The van der Waals surface area contributed by atoms with Gasteiger partial charge in [0.1, 0.15) is 5.75 Å². The highest BCUT2D eigenvalue weighted by molar-refractivity contribution is 7.89. The summed E-state index contributed by atoms with van der Waals surface area (Å²) in [7, 11) is -3.41. The zero-order valence-electron chi connectivity index (χ0n) is 24.4. The molecule has 0 saturated carbocycles. The number of fused-ring (bicyclic) bond motifs is 1. The van der Waals surface area contributed by atoms with Crippen LogP contribution in [0.3, 0.4) is 0 Å². The molecule has 1 aliphatic rings. The van der Waals surface area contributed by atoms with Gasteiger partial charge in [-0.25, -0.2) is 23.4 Å². The van der Waals surface area contributed by atoms with E-state index in [9.17, 15) is 8.42 Å². The van der Waals surface area contributed by atoms with E-state index in [1.165, 1.54) is 0 Å². The van der Waals surface area contributed by atoms with Crippen LogP contribution < -0.4 is 15.4 Å². The summed E-state index contributed by atoms with van der Waals surface area (Å²) in [4.78, 5) is 13.8. The molecule has 6 rings (SSSR count). The third kappa shape index (κ3) is 6.84. The summed E-state index contributed by atoms with van der Waals surface area (Å²) >= 11 is 0. The third-order valence-corrected chi connectivity index (χ3v) is 9.24. The van der Waals surface area contributed by atoms with Crippen molar-refractivity contribution in [3.05, 3.63) is 107 Å². The fourth-order valence-corrected chi connectivity index (χ4v) is 7.02. The fourth-order valence-electron chi connectivity index (χ4n) is 5.49. The van der Waals surface area contributed by atoms with Crippen molar-refractivity contribution in [2.24, 2.45) is 0 Å². The van der Waals surface area contributed by atoms with Gasteiger partial charge in [0, 0.05) is 30.4 Å². The first-order chi connectivity index (χ1) is 20.8. The molecule has 0 spiro atoms. The standard InChI is InChI=1S/C34H35N5O3S/c1-23-10-13-25(14-11-23)21-43(40,41)22-26-6-3-8-29-28(26)15-12-24(2)32(29)42-33-30(9-5-18-36-33)31-16-19-37-34(39-31)38-27-7-4-17-35-20-27/h3,5-6,8-16,18-19,27,35H,4,7,17,20-22H2,1-2H3,(H,37,38,39)/t27-/m0/s1.